The first kappa shape index (κ1) is 20.5. The van der Waals surface area contributed by atoms with Gasteiger partial charge in [-0.25, -0.2) is 0 Å². The number of carbonyl (C=O) groups excluding carboxylic acids is 2. The summed E-state index contributed by atoms with van der Waals surface area (Å²) in [6.45, 7) is 7.87. The van der Waals surface area contributed by atoms with Crippen LogP contribution in [0.3, 0.4) is 0 Å². The fourth-order valence-corrected chi connectivity index (χ4v) is 2.47. The lowest BCUT2D eigenvalue weighted by molar-refractivity contribution is -0.122. The molecule has 0 saturated heterocycles. The Morgan fingerprint density at radius 2 is 1.74 bits per heavy atom. The summed E-state index contributed by atoms with van der Waals surface area (Å²) in [6, 6.07) is 14.6. The number of aryl methyl sites for hydroxylation is 1. The standard InChI is InChI=1S/C22H28N2O3/c1-5-16(4)23-21(25)17-8-7-9-18(14-17)24-22(26)20(6-2)27-19-12-10-15(3)11-13-19/h7-14,16,20H,5-6H2,1-4H3,(H,23,25)(H,24,26). The van der Waals surface area contributed by atoms with Gasteiger partial charge < -0.3 is 15.4 Å². The van der Waals surface area contributed by atoms with Crippen molar-refractivity contribution in [1.29, 1.82) is 0 Å². The van der Waals surface area contributed by atoms with E-state index in [2.05, 4.69) is 10.6 Å². The second kappa shape index (κ2) is 9.76. The summed E-state index contributed by atoms with van der Waals surface area (Å²) in [7, 11) is 0. The van der Waals surface area contributed by atoms with Crippen molar-refractivity contribution in [2.75, 3.05) is 5.32 Å². The normalized spacial score (nSPS) is 12.7. The van der Waals surface area contributed by atoms with Crippen molar-refractivity contribution >= 4 is 17.5 Å². The molecule has 27 heavy (non-hydrogen) atoms. The average Bonchev–Trinajstić information content (AvgIpc) is 2.67. The Labute approximate surface area is 161 Å². The molecule has 0 aliphatic rings. The van der Waals surface area contributed by atoms with Crippen LogP contribution in [0.5, 0.6) is 5.75 Å². The summed E-state index contributed by atoms with van der Waals surface area (Å²) < 4.78 is 5.81. The smallest absolute Gasteiger partial charge is 0.265 e. The van der Waals surface area contributed by atoms with Crippen LogP contribution in [0.1, 0.15) is 49.5 Å². The summed E-state index contributed by atoms with van der Waals surface area (Å²) in [6.07, 6.45) is 0.787. The molecule has 0 bridgehead atoms. The Balaban J connectivity index is 2.03. The molecule has 2 unspecified atom stereocenters. The third-order valence-corrected chi connectivity index (χ3v) is 4.34. The zero-order valence-electron chi connectivity index (χ0n) is 16.4. The minimum atomic E-state index is -0.606. The molecule has 0 aromatic heterocycles. The molecular formula is C22H28N2O3. The van der Waals surface area contributed by atoms with Gasteiger partial charge in [-0.3, -0.25) is 9.59 Å². The van der Waals surface area contributed by atoms with Gasteiger partial charge in [0, 0.05) is 17.3 Å². The number of anilines is 1. The van der Waals surface area contributed by atoms with Gasteiger partial charge in [0.25, 0.3) is 11.8 Å². The molecule has 5 nitrogen and oxygen atoms in total. The molecule has 0 spiro atoms. The Bertz CT molecular complexity index is 771. The van der Waals surface area contributed by atoms with Crippen LogP contribution in [0.25, 0.3) is 0 Å². The second-order valence-corrected chi connectivity index (χ2v) is 6.68. The van der Waals surface area contributed by atoms with E-state index in [0.29, 0.717) is 23.4 Å². The molecule has 2 rings (SSSR count). The van der Waals surface area contributed by atoms with Crippen molar-refractivity contribution in [2.45, 2.75) is 52.7 Å². The maximum absolute atomic E-state index is 12.6. The number of ether oxygens (including phenoxy) is 1. The molecule has 2 aromatic carbocycles. The summed E-state index contributed by atoms with van der Waals surface area (Å²) in [5.41, 5.74) is 2.22. The van der Waals surface area contributed by atoms with E-state index in [1.807, 2.05) is 52.0 Å². The topological polar surface area (TPSA) is 67.4 Å². The lowest BCUT2D eigenvalue weighted by atomic mass is 10.1. The first-order chi connectivity index (χ1) is 12.9. The molecule has 0 aliphatic carbocycles. The zero-order chi connectivity index (χ0) is 19.8. The van der Waals surface area contributed by atoms with Gasteiger partial charge in [0.2, 0.25) is 0 Å². The number of benzene rings is 2. The largest absolute Gasteiger partial charge is 0.481 e. The summed E-state index contributed by atoms with van der Waals surface area (Å²) >= 11 is 0. The summed E-state index contributed by atoms with van der Waals surface area (Å²) in [5.74, 6) is 0.269. The van der Waals surface area contributed by atoms with Gasteiger partial charge in [-0.05, 0) is 57.0 Å². The highest BCUT2D eigenvalue weighted by atomic mass is 16.5. The van der Waals surface area contributed by atoms with Crippen molar-refractivity contribution in [1.82, 2.24) is 5.32 Å². The van der Waals surface area contributed by atoms with Crippen LogP contribution in [-0.2, 0) is 4.79 Å². The molecule has 2 atom stereocenters. The fourth-order valence-electron chi connectivity index (χ4n) is 2.47. The molecular weight excluding hydrogens is 340 g/mol. The molecule has 144 valence electrons. The van der Waals surface area contributed by atoms with Gasteiger partial charge in [0.15, 0.2) is 6.10 Å². The molecule has 2 amide bonds. The summed E-state index contributed by atoms with van der Waals surface area (Å²) in [4.78, 5) is 24.8. The number of rotatable bonds is 8. The van der Waals surface area contributed by atoms with Crippen LogP contribution in [0.2, 0.25) is 0 Å². The Morgan fingerprint density at radius 1 is 1.04 bits per heavy atom. The van der Waals surface area contributed by atoms with Crippen LogP contribution in [0.4, 0.5) is 5.69 Å². The SMILES string of the molecule is CCC(C)NC(=O)c1cccc(NC(=O)C(CC)Oc2ccc(C)cc2)c1. The lowest BCUT2D eigenvalue weighted by Crippen LogP contribution is -2.33. The van der Waals surface area contributed by atoms with Gasteiger partial charge in [0.05, 0.1) is 0 Å². The minimum Gasteiger partial charge on any atom is -0.481 e. The zero-order valence-corrected chi connectivity index (χ0v) is 16.4. The van der Waals surface area contributed by atoms with E-state index in [9.17, 15) is 9.59 Å². The molecule has 0 radical (unpaired) electrons. The third kappa shape index (κ3) is 6.13. The predicted octanol–water partition coefficient (Wildman–Crippen LogP) is 4.32. The molecule has 5 heteroatoms. The van der Waals surface area contributed by atoms with Crippen LogP contribution in [0.15, 0.2) is 48.5 Å². The lowest BCUT2D eigenvalue weighted by Gasteiger charge is -2.18. The number of nitrogens with one attached hydrogen (secondary N) is 2. The number of hydrogen-bond acceptors (Lipinski definition) is 3. The van der Waals surface area contributed by atoms with Crippen molar-refractivity contribution in [3.8, 4) is 5.75 Å². The van der Waals surface area contributed by atoms with Crippen LogP contribution in [0, 0.1) is 6.92 Å². The van der Waals surface area contributed by atoms with E-state index in [1.165, 1.54) is 0 Å². The van der Waals surface area contributed by atoms with E-state index in [-0.39, 0.29) is 17.9 Å². The number of hydrogen-bond donors (Lipinski definition) is 2. The average molecular weight is 368 g/mol. The Kier molecular flexibility index (Phi) is 7.41. The highest BCUT2D eigenvalue weighted by Crippen LogP contribution is 2.17. The van der Waals surface area contributed by atoms with Crippen LogP contribution >= 0.6 is 0 Å². The van der Waals surface area contributed by atoms with Gasteiger partial charge in [-0.15, -0.1) is 0 Å². The van der Waals surface area contributed by atoms with E-state index in [4.69, 9.17) is 4.74 Å². The van der Waals surface area contributed by atoms with Crippen LogP contribution in [-0.4, -0.2) is 24.0 Å². The Hall–Kier alpha value is -2.82. The van der Waals surface area contributed by atoms with E-state index >= 15 is 0 Å². The van der Waals surface area contributed by atoms with Gasteiger partial charge >= 0.3 is 0 Å². The second-order valence-electron chi connectivity index (χ2n) is 6.68. The molecule has 0 saturated carbocycles. The van der Waals surface area contributed by atoms with Gasteiger partial charge in [0.1, 0.15) is 5.75 Å². The Morgan fingerprint density at radius 3 is 2.37 bits per heavy atom. The molecule has 0 aliphatic heterocycles. The van der Waals surface area contributed by atoms with Crippen molar-refractivity contribution in [3.63, 3.8) is 0 Å². The van der Waals surface area contributed by atoms with Gasteiger partial charge in [-0.2, -0.15) is 0 Å². The highest BCUT2D eigenvalue weighted by Gasteiger charge is 2.19. The molecule has 0 fully saturated rings. The maximum atomic E-state index is 12.6. The van der Waals surface area contributed by atoms with E-state index < -0.39 is 6.10 Å². The first-order valence-electron chi connectivity index (χ1n) is 9.38. The maximum Gasteiger partial charge on any atom is 0.265 e. The summed E-state index contributed by atoms with van der Waals surface area (Å²) in [5, 5.41) is 5.76. The molecule has 0 heterocycles. The molecule has 2 N–H and O–H groups in total. The predicted molar refractivity (Wildman–Crippen MR) is 108 cm³/mol. The van der Waals surface area contributed by atoms with E-state index in [1.54, 1.807) is 24.3 Å². The monoisotopic (exact) mass is 368 g/mol. The third-order valence-electron chi connectivity index (χ3n) is 4.34. The van der Waals surface area contributed by atoms with Crippen molar-refractivity contribution in [3.05, 3.63) is 59.7 Å². The van der Waals surface area contributed by atoms with Crippen molar-refractivity contribution < 1.29 is 14.3 Å². The first-order valence-corrected chi connectivity index (χ1v) is 9.38. The number of carbonyl (C=O) groups is 2. The highest BCUT2D eigenvalue weighted by molar-refractivity contribution is 5.98. The van der Waals surface area contributed by atoms with Gasteiger partial charge in [-0.1, -0.05) is 37.6 Å². The minimum absolute atomic E-state index is 0.100. The fraction of sp³-hybridized carbons (Fsp3) is 0.364. The number of amides is 2. The van der Waals surface area contributed by atoms with E-state index in [0.717, 1.165) is 12.0 Å². The quantitative estimate of drug-likeness (QED) is 0.729. The molecule has 2 aromatic rings. The van der Waals surface area contributed by atoms with Crippen LogP contribution < -0.4 is 15.4 Å². The van der Waals surface area contributed by atoms with Crippen molar-refractivity contribution in [2.24, 2.45) is 0 Å².